The minimum absolute atomic E-state index is 0.0793. The van der Waals surface area contributed by atoms with Crippen molar-refractivity contribution in [3.05, 3.63) is 30.0 Å². The second kappa shape index (κ2) is 6.66. The van der Waals surface area contributed by atoms with Crippen LogP contribution in [0.25, 0.3) is 0 Å². The lowest BCUT2D eigenvalue weighted by Crippen LogP contribution is -2.88. The van der Waals surface area contributed by atoms with Gasteiger partial charge in [-0.1, -0.05) is 19.9 Å². The molecule has 10 nitrogen and oxygen atoms in total. The van der Waals surface area contributed by atoms with Gasteiger partial charge in [0.25, 0.3) is 11.8 Å². The highest BCUT2D eigenvalue weighted by molar-refractivity contribution is 6.38. The monoisotopic (exact) mass is 535 g/mol. The minimum Gasteiger partial charge on any atom is -0.480 e. The molecular formula is C29H33N3O7. The lowest BCUT2D eigenvalue weighted by molar-refractivity contribution is -0.232. The number of hydrogen-bond donors (Lipinski definition) is 2. The number of nitrogens with one attached hydrogen (secondary N) is 1. The molecular weight excluding hydrogens is 502 g/mol. The number of likely N-dealkylation sites (N-methyl/N-ethyl adjacent to an activating group) is 1. The normalized spacial score (nSPS) is 40.4. The van der Waals surface area contributed by atoms with Crippen molar-refractivity contribution in [3.8, 4) is 11.5 Å². The number of rotatable bonds is 0. The van der Waals surface area contributed by atoms with Gasteiger partial charge < -0.3 is 29.7 Å². The molecule has 2 bridgehead atoms. The summed E-state index contributed by atoms with van der Waals surface area (Å²) in [7, 11) is 1.70. The van der Waals surface area contributed by atoms with E-state index in [1.165, 1.54) is 11.8 Å². The van der Waals surface area contributed by atoms with Crippen LogP contribution < -0.4 is 14.8 Å². The fourth-order valence-corrected chi connectivity index (χ4v) is 9.00. The fourth-order valence-electron chi connectivity index (χ4n) is 9.00. The molecule has 3 amide bonds. The standard InChI is InChI=1S/C29H33N3O7/c1-24(2)9-10-38-20-17(39-24)8-7-15-19(20)30-22(35)28(15)13-27-14-32-21(34)16(33)11-26(5,37)29(32,23(36)31(27)6)12-18(27)25(28,3)4/h7-10,18,37H,11-14H2,1-6H3,(H,30,35)/t18-,26+,27+,28+,29-/m0/s1. The van der Waals surface area contributed by atoms with Gasteiger partial charge in [0.1, 0.15) is 11.2 Å². The van der Waals surface area contributed by atoms with Crippen molar-refractivity contribution in [1.29, 1.82) is 0 Å². The lowest BCUT2D eigenvalue weighted by atomic mass is 9.53. The van der Waals surface area contributed by atoms with Crippen molar-refractivity contribution in [2.24, 2.45) is 11.3 Å². The Labute approximate surface area is 226 Å². The molecule has 206 valence electrons. The Morgan fingerprint density at radius 3 is 2.51 bits per heavy atom. The number of piperidine rings is 3. The summed E-state index contributed by atoms with van der Waals surface area (Å²) >= 11 is 0. The van der Waals surface area contributed by atoms with Gasteiger partial charge in [0.15, 0.2) is 17.0 Å². The van der Waals surface area contributed by atoms with E-state index in [2.05, 4.69) is 5.32 Å². The number of hydrogen-bond acceptors (Lipinski definition) is 7. The van der Waals surface area contributed by atoms with Crippen LogP contribution in [-0.2, 0) is 24.6 Å². The van der Waals surface area contributed by atoms with E-state index in [-0.39, 0.29) is 37.1 Å². The smallest absolute Gasteiger partial charge is 0.291 e. The number of benzene rings is 1. The van der Waals surface area contributed by atoms with Crippen molar-refractivity contribution in [2.75, 3.05) is 18.9 Å². The van der Waals surface area contributed by atoms with Crippen molar-refractivity contribution in [3.63, 3.8) is 0 Å². The minimum atomic E-state index is -1.74. The molecule has 10 heteroatoms. The van der Waals surface area contributed by atoms with Crippen LogP contribution >= 0.6 is 0 Å². The predicted molar refractivity (Wildman–Crippen MR) is 138 cm³/mol. The molecule has 7 aliphatic rings. The van der Waals surface area contributed by atoms with Crippen LogP contribution in [0, 0.1) is 11.3 Å². The van der Waals surface area contributed by atoms with Gasteiger partial charge in [0, 0.05) is 20.0 Å². The van der Waals surface area contributed by atoms with E-state index in [1.54, 1.807) is 24.3 Å². The molecule has 2 N–H and O–H groups in total. The Hall–Kier alpha value is -3.40. The second-order valence-electron chi connectivity index (χ2n) is 13.5. The zero-order chi connectivity index (χ0) is 28.1. The lowest BCUT2D eigenvalue weighted by Gasteiger charge is -2.69. The molecule has 1 saturated carbocycles. The molecule has 8 rings (SSSR count). The summed E-state index contributed by atoms with van der Waals surface area (Å²) in [6, 6.07) is 3.72. The Kier molecular flexibility index (Phi) is 4.20. The average Bonchev–Trinajstić information content (AvgIpc) is 3.16. The summed E-state index contributed by atoms with van der Waals surface area (Å²) in [5, 5.41) is 14.7. The van der Waals surface area contributed by atoms with Crippen molar-refractivity contribution in [1.82, 2.24) is 9.80 Å². The molecule has 6 aliphatic heterocycles. The zero-order valence-corrected chi connectivity index (χ0v) is 23.0. The van der Waals surface area contributed by atoms with Crippen LogP contribution in [0.1, 0.15) is 59.4 Å². The number of aliphatic hydroxyl groups is 1. The van der Waals surface area contributed by atoms with Crippen LogP contribution in [0.3, 0.4) is 0 Å². The zero-order valence-electron chi connectivity index (χ0n) is 23.0. The molecule has 39 heavy (non-hydrogen) atoms. The molecule has 1 aliphatic carbocycles. The van der Waals surface area contributed by atoms with Crippen LogP contribution in [0.5, 0.6) is 11.5 Å². The number of amides is 3. The van der Waals surface area contributed by atoms with E-state index in [0.29, 0.717) is 17.2 Å². The Morgan fingerprint density at radius 2 is 1.79 bits per heavy atom. The molecule has 5 fully saturated rings. The first-order valence-corrected chi connectivity index (χ1v) is 13.4. The fraction of sp³-hybridized carbons (Fsp3) is 0.586. The highest BCUT2D eigenvalue weighted by Gasteiger charge is 2.82. The number of nitrogens with zero attached hydrogens (tertiary/aromatic N) is 2. The number of anilines is 1. The predicted octanol–water partition coefficient (Wildman–Crippen LogP) is 1.89. The Bertz CT molecular complexity index is 1460. The molecule has 4 saturated heterocycles. The van der Waals surface area contributed by atoms with Gasteiger partial charge in [-0.3, -0.25) is 19.2 Å². The summed E-state index contributed by atoms with van der Waals surface area (Å²) in [6.45, 7) is 9.46. The summed E-state index contributed by atoms with van der Waals surface area (Å²) in [5.41, 5.74) is -5.29. The highest BCUT2D eigenvalue weighted by atomic mass is 16.5. The molecule has 5 atom stereocenters. The molecule has 0 unspecified atom stereocenters. The van der Waals surface area contributed by atoms with E-state index in [0.717, 1.165) is 5.56 Å². The van der Waals surface area contributed by atoms with E-state index >= 15 is 0 Å². The molecule has 3 spiro atoms. The van der Waals surface area contributed by atoms with Gasteiger partial charge in [-0.25, -0.2) is 0 Å². The third-order valence-corrected chi connectivity index (χ3v) is 11.0. The van der Waals surface area contributed by atoms with E-state index in [4.69, 9.17) is 9.47 Å². The van der Waals surface area contributed by atoms with Crippen LogP contribution in [-0.4, -0.2) is 74.3 Å². The molecule has 6 heterocycles. The number of carbonyl (C=O) groups is 4. The van der Waals surface area contributed by atoms with Crippen molar-refractivity contribution in [2.45, 2.75) is 81.6 Å². The van der Waals surface area contributed by atoms with Crippen LogP contribution in [0.2, 0.25) is 0 Å². The molecule has 0 radical (unpaired) electrons. The Balaban J connectivity index is 1.43. The maximum atomic E-state index is 14.2. The van der Waals surface area contributed by atoms with Gasteiger partial charge in [0.05, 0.1) is 22.9 Å². The molecule has 0 aromatic heterocycles. The summed E-state index contributed by atoms with van der Waals surface area (Å²) in [6.07, 6.45) is 3.38. The third kappa shape index (κ3) is 2.45. The molecule has 1 aromatic carbocycles. The summed E-state index contributed by atoms with van der Waals surface area (Å²) < 4.78 is 12.2. The van der Waals surface area contributed by atoms with E-state index in [9.17, 15) is 24.3 Å². The molecule has 1 aromatic rings. The number of ketones is 1. The first-order chi connectivity index (χ1) is 18.1. The van der Waals surface area contributed by atoms with Gasteiger partial charge >= 0.3 is 0 Å². The van der Waals surface area contributed by atoms with Crippen molar-refractivity contribution >= 4 is 29.2 Å². The maximum Gasteiger partial charge on any atom is 0.291 e. The number of piperazine rings is 1. The van der Waals surface area contributed by atoms with Crippen LogP contribution in [0.15, 0.2) is 24.5 Å². The number of fused-ring (bicyclic) bond motifs is 5. The van der Waals surface area contributed by atoms with Gasteiger partial charge in [0.2, 0.25) is 11.7 Å². The topological polar surface area (TPSA) is 125 Å². The van der Waals surface area contributed by atoms with Gasteiger partial charge in [-0.05, 0) is 62.7 Å². The van der Waals surface area contributed by atoms with Gasteiger partial charge in [-0.15, -0.1) is 0 Å². The van der Waals surface area contributed by atoms with Crippen molar-refractivity contribution < 1.29 is 33.8 Å². The SMILES string of the molecule is CN1C(=O)[C@]23C[C@H]4C(C)(C)[C@@]5(C[C@@]41CN2C(=O)C(=O)C[C@@]3(C)O)C(=O)Nc1c5ccc2c1OC=CC(C)(C)O2. The summed E-state index contributed by atoms with van der Waals surface area (Å²) in [5.74, 6) is -1.33. The first-order valence-electron chi connectivity index (χ1n) is 13.4. The third-order valence-electron chi connectivity index (χ3n) is 11.0. The highest BCUT2D eigenvalue weighted by Crippen LogP contribution is 2.72. The number of ether oxygens (including phenoxy) is 2. The Morgan fingerprint density at radius 1 is 1.08 bits per heavy atom. The first kappa shape index (κ1) is 24.6. The number of carbonyl (C=O) groups excluding carboxylic acids is 4. The average molecular weight is 536 g/mol. The van der Waals surface area contributed by atoms with Crippen LogP contribution in [0.4, 0.5) is 5.69 Å². The quantitative estimate of drug-likeness (QED) is 0.486. The largest absolute Gasteiger partial charge is 0.480 e. The summed E-state index contributed by atoms with van der Waals surface area (Å²) in [4.78, 5) is 57.2. The number of Topliss-reactive ketones (excluding diaryl/α,β-unsaturated/α-hetero) is 1. The maximum absolute atomic E-state index is 14.2. The second-order valence-corrected chi connectivity index (χ2v) is 13.5. The van der Waals surface area contributed by atoms with E-state index in [1.807, 2.05) is 39.8 Å². The van der Waals surface area contributed by atoms with Gasteiger partial charge in [-0.2, -0.15) is 0 Å². The van der Waals surface area contributed by atoms with E-state index < -0.39 is 51.2 Å².